The molecule has 8 heteroatoms. The number of methoxy groups -OCH3 is 1. The highest BCUT2D eigenvalue weighted by Crippen LogP contribution is 2.34. The van der Waals surface area contributed by atoms with Gasteiger partial charge in [0, 0.05) is 6.54 Å². The molecule has 31 heavy (non-hydrogen) atoms. The number of nitrogens with one attached hydrogen (secondary N) is 1. The summed E-state index contributed by atoms with van der Waals surface area (Å²) in [7, 11) is 1.42. The highest BCUT2D eigenvalue weighted by Gasteiger charge is 2.33. The van der Waals surface area contributed by atoms with Gasteiger partial charge in [-0.25, -0.2) is 4.39 Å². The van der Waals surface area contributed by atoms with Gasteiger partial charge >= 0.3 is 6.18 Å². The fourth-order valence-corrected chi connectivity index (χ4v) is 2.97. The summed E-state index contributed by atoms with van der Waals surface area (Å²) in [6, 6.07) is 16.2. The number of amides is 1. The molecule has 0 aliphatic carbocycles. The molecule has 0 saturated heterocycles. The second-order valence-electron chi connectivity index (χ2n) is 6.59. The average molecular weight is 433 g/mol. The number of carbonyl (C=O) groups is 1. The first-order valence-corrected chi connectivity index (χ1v) is 9.27. The van der Waals surface area contributed by atoms with E-state index in [9.17, 15) is 22.4 Å². The van der Waals surface area contributed by atoms with Crippen LogP contribution in [0.5, 0.6) is 11.5 Å². The molecule has 0 radical (unpaired) electrons. The van der Waals surface area contributed by atoms with E-state index in [0.29, 0.717) is 11.8 Å². The SMILES string of the molecule is COc1cccc(C(=O)NCc2ccc(F)cc2C(F)(F)F)c1OCc1ccccc1. The predicted molar refractivity (Wildman–Crippen MR) is 106 cm³/mol. The molecule has 3 rings (SSSR count). The van der Waals surface area contributed by atoms with Gasteiger partial charge in [-0.2, -0.15) is 13.2 Å². The van der Waals surface area contributed by atoms with Crippen molar-refractivity contribution in [1.82, 2.24) is 5.32 Å². The van der Waals surface area contributed by atoms with E-state index in [0.717, 1.165) is 17.7 Å². The van der Waals surface area contributed by atoms with E-state index in [1.165, 1.54) is 13.2 Å². The molecule has 3 aromatic rings. The largest absolute Gasteiger partial charge is 0.493 e. The van der Waals surface area contributed by atoms with Gasteiger partial charge in [-0.15, -0.1) is 0 Å². The van der Waals surface area contributed by atoms with E-state index in [1.54, 1.807) is 12.1 Å². The minimum atomic E-state index is -4.75. The van der Waals surface area contributed by atoms with Crippen molar-refractivity contribution in [2.24, 2.45) is 0 Å². The fourth-order valence-electron chi connectivity index (χ4n) is 2.97. The van der Waals surface area contributed by atoms with E-state index in [1.807, 2.05) is 30.3 Å². The van der Waals surface area contributed by atoms with Crippen LogP contribution in [-0.2, 0) is 19.3 Å². The molecule has 4 nitrogen and oxygen atoms in total. The Labute approximate surface area is 176 Å². The normalized spacial score (nSPS) is 11.1. The Morgan fingerprint density at radius 3 is 2.42 bits per heavy atom. The molecule has 0 unspecified atom stereocenters. The first-order valence-electron chi connectivity index (χ1n) is 9.27. The van der Waals surface area contributed by atoms with Crippen LogP contribution >= 0.6 is 0 Å². The third-order valence-electron chi connectivity index (χ3n) is 4.49. The minimum absolute atomic E-state index is 0.103. The number of carbonyl (C=O) groups excluding carboxylic acids is 1. The lowest BCUT2D eigenvalue weighted by Gasteiger charge is -2.16. The second-order valence-corrected chi connectivity index (χ2v) is 6.59. The molecular weight excluding hydrogens is 414 g/mol. The third-order valence-corrected chi connectivity index (χ3v) is 4.49. The molecule has 0 saturated carbocycles. The summed E-state index contributed by atoms with van der Waals surface area (Å²) in [5, 5.41) is 2.44. The molecule has 0 aromatic heterocycles. The van der Waals surface area contributed by atoms with Crippen LogP contribution in [0.15, 0.2) is 66.7 Å². The molecule has 1 amide bonds. The highest BCUT2D eigenvalue weighted by atomic mass is 19.4. The van der Waals surface area contributed by atoms with E-state index < -0.39 is 30.0 Å². The Kier molecular flexibility index (Phi) is 6.79. The molecule has 0 spiro atoms. The molecule has 0 fully saturated rings. The average Bonchev–Trinajstić information content (AvgIpc) is 2.76. The minimum Gasteiger partial charge on any atom is -0.493 e. The zero-order chi connectivity index (χ0) is 22.4. The van der Waals surface area contributed by atoms with Crippen molar-refractivity contribution in [3.8, 4) is 11.5 Å². The van der Waals surface area contributed by atoms with Crippen LogP contribution < -0.4 is 14.8 Å². The lowest BCUT2D eigenvalue weighted by molar-refractivity contribution is -0.138. The molecule has 0 heterocycles. The molecule has 162 valence electrons. The summed E-state index contributed by atoms with van der Waals surface area (Å²) in [5.41, 5.74) is -0.428. The smallest absolute Gasteiger partial charge is 0.416 e. The van der Waals surface area contributed by atoms with Crippen LogP contribution in [0.2, 0.25) is 0 Å². The van der Waals surface area contributed by atoms with Crippen LogP contribution in [0, 0.1) is 5.82 Å². The molecular formula is C23H19F4NO3. The summed E-state index contributed by atoms with van der Waals surface area (Å²) >= 11 is 0. The number of hydrogen-bond donors (Lipinski definition) is 1. The van der Waals surface area contributed by atoms with Crippen LogP contribution in [0.4, 0.5) is 17.6 Å². The van der Waals surface area contributed by atoms with Gasteiger partial charge in [-0.3, -0.25) is 4.79 Å². The lowest BCUT2D eigenvalue weighted by atomic mass is 10.1. The van der Waals surface area contributed by atoms with E-state index in [4.69, 9.17) is 9.47 Å². The van der Waals surface area contributed by atoms with Crippen molar-refractivity contribution in [3.63, 3.8) is 0 Å². The number of rotatable bonds is 7. The van der Waals surface area contributed by atoms with Gasteiger partial charge in [-0.1, -0.05) is 42.5 Å². The zero-order valence-electron chi connectivity index (χ0n) is 16.5. The second kappa shape index (κ2) is 9.51. The first-order chi connectivity index (χ1) is 14.8. The summed E-state index contributed by atoms with van der Waals surface area (Å²) in [4.78, 5) is 12.7. The van der Waals surface area contributed by atoms with Crippen LogP contribution in [-0.4, -0.2) is 13.0 Å². The fraction of sp³-hybridized carbons (Fsp3) is 0.174. The molecule has 0 aliphatic rings. The van der Waals surface area contributed by atoms with Crippen molar-refractivity contribution in [3.05, 3.63) is 94.8 Å². The zero-order valence-corrected chi connectivity index (χ0v) is 16.5. The van der Waals surface area contributed by atoms with Crippen LogP contribution in [0.1, 0.15) is 27.0 Å². The number of hydrogen-bond acceptors (Lipinski definition) is 3. The predicted octanol–water partition coefficient (Wildman–Crippen LogP) is 5.36. The molecule has 0 atom stereocenters. The number of benzene rings is 3. The number of halogens is 4. The lowest BCUT2D eigenvalue weighted by Crippen LogP contribution is -2.25. The summed E-state index contributed by atoms with van der Waals surface area (Å²) < 4.78 is 63.9. The van der Waals surface area contributed by atoms with E-state index >= 15 is 0 Å². The quantitative estimate of drug-likeness (QED) is 0.510. The van der Waals surface area contributed by atoms with Crippen molar-refractivity contribution >= 4 is 5.91 Å². The van der Waals surface area contributed by atoms with Gasteiger partial charge in [0.25, 0.3) is 5.91 Å². The van der Waals surface area contributed by atoms with Crippen LogP contribution in [0.25, 0.3) is 0 Å². The summed E-state index contributed by atoms with van der Waals surface area (Å²) in [6.07, 6.45) is -4.75. The standard InChI is InChI=1S/C23H19F4NO3/c1-30-20-9-5-8-18(21(20)31-14-15-6-3-2-4-7-15)22(29)28-13-16-10-11-17(24)12-19(16)23(25,26)27/h2-12H,13-14H2,1H3,(H,28,29). The molecule has 0 bridgehead atoms. The molecule has 0 aliphatic heterocycles. The van der Waals surface area contributed by atoms with Gasteiger partial charge < -0.3 is 14.8 Å². The van der Waals surface area contributed by atoms with Crippen molar-refractivity contribution < 1.29 is 31.8 Å². The van der Waals surface area contributed by atoms with Gasteiger partial charge in [0.2, 0.25) is 0 Å². The van der Waals surface area contributed by atoms with E-state index in [2.05, 4.69) is 5.32 Å². The summed E-state index contributed by atoms with van der Waals surface area (Å²) in [5.74, 6) is -1.19. The Morgan fingerprint density at radius 1 is 1.00 bits per heavy atom. The Balaban J connectivity index is 1.81. The van der Waals surface area contributed by atoms with Crippen molar-refractivity contribution in [2.75, 3.05) is 7.11 Å². The molecule has 1 N–H and O–H groups in total. The van der Waals surface area contributed by atoms with Crippen LogP contribution in [0.3, 0.4) is 0 Å². The van der Waals surface area contributed by atoms with Gasteiger partial charge in [0.15, 0.2) is 11.5 Å². The van der Waals surface area contributed by atoms with Gasteiger partial charge in [-0.05, 0) is 35.4 Å². The topological polar surface area (TPSA) is 47.6 Å². The number of para-hydroxylation sites is 1. The van der Waals surface area contributed by atoms with Gasteiger partial charge in [0.05, 0.1) is 18.2 Å². The monoisotopic (exact) mass is 433 g/mol. The highest BCUT2D eigenvalue weighted by molar-refractivity contribution is 5.97. The maximum Gasteiger partial charge on any atom is 0.416 e. The maximum atomic E-state index is 13.3. The van der Waals surface area contributed by atoms with E-state index in [-0.39, 0.29) is 23.5 Å². The first kappa shape index (κ1) is 22.1. The molecule has 3 aromatic carbocycles. The third kappa shape index (κ3) is 5.53. The van der Waals surface area contributed by atoms with Crippen molar-refractivity contribution in [1.29, 1.82) is 0 Å². The Bertz CT molecular complexity index is 1050. The van der Waals surface area contributed by atoms with Gasteiger partial charge in [0.1, 0.15) is 12.4 Å². The maximum absolute atomic E-state index is 13.3. The number of alkyl halides is 3. The Hall–Kier alpha value is -3.55. The number of ether oxygens (including phenoxy) is 2. The Morgan fingerprint density at radius 2 is 1.74 bits per heavy atom. The summed E-state index contributed by atoms with van der Waals surface area (Å²) in [6.45, 7) is -0.277. The van der Waals surface area contributed by atoms with Crippen molar-refractivity contribution in [2.45, 2.75) is 19.3 Å².